The first kappa shape index (κ1) is 12.8. The normalized spacial score (nSPS) is 16.1. The van der Waals surface area contributed by atoms with Crippen molar-refractivity contribution in [1.29, 1.82) is 0 Å². The van der Waals surface area contributed by atoms with Gasteiger partial charge in [-0.2, -0.15) is 13.2 Å². The van der Waals surface area contributed by atoms with Crippen LogP contribution in [0.3, 0.4) is 0 Å². The van der Waals surface area contributed by atoms with Gasteiger partial charge >= 0.3 is 6.18 Å². The molecule has 0 aliphatic rings. The largest absolute Gasteiger partial charge is 0.416 e. The Morgan fingerprint density at radius 2 is 2.00 bits per heavy atom. The van der Waals surface area contributed by atoms with Crippen molar-refractivity contribution in [2.24, 2.45) is 0 Å². The summed E-state index contributed by atoms with van der Waals surface area (Å²) in [5.74, 6) is 0. The number of rotatable bonds is 2. The molecule has 6 heteroatoms. The molecule has 0 N–H and O–H groups in total. The van der Waals surface area contributed by atoms with Crippen LogP contribution in [-0.2, 0) is 10.7 Å². The molecule has 1 aromatic carbocycles. The van der Waals surface area contributed by atoms with E-state index in [0.717, 1.165) is 12.1 Å². The Balaban J connectivity index is 3.20. The molecule has 0 aromatic heterocycles. The average Bonchev–Trinajstić information content (AvgIpc) is 2.17. The van der Waals surface area contributed by atoms with E-state index in [1.165, 1.54) is 18.8 Å². The molecule has 0 bridgehead atoms. The lowest BCUT2D eigenvalue weighted by molar-refractivity contribution is -0.137. The fourth-order valence-electron chi connectivity index (χ4n) is 1.05. The highest BCUT2D eigenvalue weighted by Gasteiger charge is 2.31. The lowest BCUT2D eigenvalue weighted by Crippen LogP contribution is -2.11. The number of hydrogen-bond donors (Lipinski definition) is 0. The average molecular weight is 301 g/mol. The van der Waals surface area contributed by atoms with Crippen molar-refractivity contribution in [2.45, 2.75) is 6.18 Å². The third-order valence-electron chi connectivity index (χ3n) is 1.95. The van der Waals surface area contributed by atoms with E-state index in [1.54, 1.807) is 0 Å². The minimum absolute atomic E-state index is 0.182. The topological polar surface area (TPSA) is 17.1 Å². The Hall–Kier alpha value is -0.280. The van der Waals surface area contributed by atoms with E-state index in [1.807, 2.05) is 0 Å². The van der Waals surface area contributed by atoms with E-state index in [-0.39, 0.29) is 10.4 Å². The number of alkyl halides is 4. The number of halogens is 4. The molecule has 0 aliphatic heterocycles. The van der Waals surface area contributed by atoms with Crippen molar-refractivity contribution in [2.75, 3.05) is 11.7 Å². The Morgan fingerprint density at radius 1 is 1.40 bits per heavy atom. The van der Waals surface area contributed by atoms with E-state index >= 15 is 0 Å². The van der Waals surface area contributed by atoms with Gasteiger partial charge in [0, 0.05) is 5.30 Å². The second kappa shape index (κ2) is 4.30. The molecule has 1 rings (SSSR count). The fourth-order valence-corrected chi connectivity index (χ4v) is 2.87. The second-order valence-corrected chi connectivity index (χ2v) is 7.73. The van der Waals surface area contributed by atoms with Crippen LogP contribution in [0.5, 0.6) is 0 Å². The standard InChI is InChI=1S/C9H9BrF3OP/c1-15(14,6-10)8-4-2-3-7(5-8)9(11,12)13/h2-5H,6H2,1H3. The van der Waals surface area contributed by atoms with Crippen molar-refractivity contribution >= 4 is 28.4 Å². The molecular weight excluding hydrogens is 292 g/mol. The van der Waals surface area contributed by atoms with Crippen LogP contribution in [-0.4, -0.2) is 11.7 Å². The van der Waals surface area contributed by atoms with E-state index in [2.05, 4.69) is 15.9 Å². The van der Waals surface area contributed by atoms with Crippen LogP contribution >= 0.6 is 23.1 Å². The van der Waals surface area contributed by atoms with Crippen LogP contribution < -0.4 is 5.30 Å². The third-order valence-corrected chi connectivity index (χ3v) is 6.65. The van der Waals surface area contributed by atoms with E-state index in [4.69, 9.17) is 0 Å². The summed E-state index contributed by atoms with van der Waals surface area (Å²) in [6.07, 6.45) is -4.39. The van der Waals surface area contributed by atoms with Gasteiger partial charge in [0.2, 0.25) is 0 Å². The summed E-state index contributed by atoms with van der Waals surface area (Å²) in [6, 6.07) is 4.65. The van der Waals surface area contributed by atoms with Gasteiger partial charge in [0.15, 0.2) is 0 Å². The molecule has 1 nitrogen and oxygen atoms in total. The van der Waals surface area contributed by atoms with Gasteiger partial charge in [-0.25, -0.2) is 0 Å². The van der Waals surface area contributed by atoms with Gasteiger partial charge in [0.1, 0.15) is 7.14 Å². The fraction of sp³-hybridized carbons (Fsp3) is 0.333. The summed E-state index contributed by atoms with van der Waals surface area (Å²) >= 11 is 3.04. The summed E-state index contributed by atoms with van der Waals surface area (Å²) in [7, 11) is -2.71. The molecule has 0 amide bonds. The Bertz CT molecular complexity index is 403. The van der Waals surface area contributed by atoms with Gasteiger partial charge in [-0.1, -0.05) is 28.1 Å². The highest BCUT2D eigenvalue weighted by molar-refractivity contribution is 9.10. The Morgan fingerprint density at radius 3 is 2.47 bits per heavy atom. The van der Waals surface area contributed by atoms with E-state index in [0.29, 0.717) is 0 Å². The van der Waals surface area contributed by atoms with Gasteiger partial charge in [-0.05, 0) is 18.8 Å². The first-order valence-corrected chi connectivity index (χ1v) is 7.54. The second-order valence-electron chi connectivity index (χ2n) is 3.27. The minimum atomic E-state index is -4.39. The van der Waals surface area contributed by atoms with Crippen LogP contribution in [0.4, 0.5) is 13.2 Å². The highest BCUT2D eigenvalue weighted by Crippen LogP contribution is 2.42. The number of benzene rings is 1. The van der Waals surface area contributed by atoms with Crippen LogP contribution in [0.15, 0.2) is 24.3 Å². The van der Waals surface area contributed by atoms with E-state index < -0.39 is 18.9 Å². The quantitative estimate of drug-likeness (QED) is 0.601. The minimum Gasteiger partial charge on any atom is -0.318 e. The zero-order chi connectivity index (χ0) is 11.7. The van der Waals surface area contributed by atoms with Crippen molar-refractivity contribution in [3.05, 3.63) is 29.8 Å². The molecule has 1 atom stereocenters. The lowest BCUT2D eigenvalue weighted by Gasteiger charge is -2.12. The van der Waals surface area contributed by atoms with E-state index in [9.17, 15) is 17.7 Å². The molecule has 0 saturated carbocycles. The molecule has 1 aromatic rings. The molecule has 0 radical (unpaired) electrons. The van der Waals surface area contributed by atoms with Crippen LogP contribution in [0, 0.1) is 0 Å². The maximum atomic E-state index is 12.4. The van der Waals surface area contributed by atoms with Crippen molar-refractivity contribution in [1.82, 2.24) is 0 Å². The summed E-state index contributed by atoms with van der Waals surface area (Å²) < 4.78 is 48.9. The molecule has 0 heterocycles. The molecule has 0 saturated heterocycles. The first-order valence-electron chi connectivity index (χ1n) is 4.08. The molecule has 0 spiro atoms. The van der Waals surface area contributed by atoms with Crippen molar-refractivity contribution in [3.8, 4) is 0 Å². The zero-order valence-corrected chi connectivity index (χ0v) is 10.4. The molecule has 1 unspecified atom stereocenters. The van der Waals surface area contributed by atoms with Gasteiger partial charge in [-0.3, -0.25) is 0 Å². The smallest absolute Gasteiger partial charge is 0.318 e. The Labute approximate surface area is 94.2 Å². The summed E-state index contributed by atoms with van der Waals surface area (Å²) in [5.41, 5.74) is -0.761. The zero-order valence-electron chi connectivity index (χ0n) is 7.88. The van der Waals surface area contributed by atoms with Crippen molar-refractivity contribution < 1.29 is 17.7 Å². The highest BCUT2D eigenvalue weighted by atomic mass is 79.9. The molecule has 0 fully saturated rings. The van der Waals surface area contributed by atoms with Crippen molar-refractivity contribution in [3.63, 3.8) is 0 Å². The predicted molar refractivity (Wildman–Crippen MR) is 58.4 cm³/mol. The lowest BCUT2D eigenvalue weighted by atomic mass is 10.2. The summed E-state index contributed by atoms with van der Waals surface area (Å²) in [4.78, 5) is 0. The van der Waals surface area contributed by atoms with Gasteiger partial charge in [-0.15, -0.1) is 0 Å². The van der Waals surface area contributed by atoms with Crippen LogP contribution in [0.2, 0.25) is 0 Å². The maximum absolute atomic E-state index is 12.4. The monoisotopic (exact) mass is 300 g/mol. The van der Waals surface area contributed by atoms with Gasteiger partial charge in [0.05, 0.1) is 10.6 Å². The number of hydrogen-bond acceptors (Lipinski definition) is 1. The van der Waals surface area contributed by atoms with Crippen LogP contribution in [0.1, 0.15) is 5.56 Å². The third kappa shape index (κ3) is 3.08. The summed E-state index contributed by atoms with van der Waals surface area (Å²) in [6.45, 7) is 1.46. The predicted octanol–water partition coefficient (Wildman–Crippen LogP) is 3.68. The van der Waals surface area contributed by atoms with Gasteiger partial charge in [0.25, 0.3) is 0 Å². The molecule has 0 aliphatic carbocycles. The first-order chi connectivity index (χ1) is 6.77. The maximum Gasteiger partial charge on any atom is 0.416 e. The summed E-state index contributed by atoms with van der Waals surface area (Å²) in [5, 5.41) is 0.426. The molecule has 84 valence electrons. The molecule has 15 heavy (non-hydrogen) atoms. The van der Waals surface area contributed by atoms with Crippen LogP contribution in [0.25, 0.3) is 0 Å². The SMILES string of the molecule is CP(=O)(CBr)c1cccc(C(F)(F)F)c1. The molecular formula is C9H9BrF3OP. The van der Waals surface area contributed by atoms with Gasteiger partial charge < -0.3 is 4.57 Å². The Kier molecular flexibility index (Phi) is 3.67.